The number of benzene rings is 1. The molecule has 0 aromatic heterocycles. The molecule has 6 heteroatoms. The second kappa shape index (κ2) is 3.98. The fourth-order valence-electron chi connectivity index (χ4n) is 0.886. The van der Waals surface area contributed by atoms with Crippen molar-refractivity contribution in [2.75, 3.05) is 0 Å². The number of rotatable bonds is 2. The Kier molecular flexibility index (Phi) is 3.13. The SMILES string of the molecule is O=C([O-])c1cc(Cl)c(C(=O)[O-])c(Br)c1. The van der Waals surface area contributed by atoms with Gasteiger partial charge < -0.3 is 19.8 Å². The van der Waals surface area contributed by atoms with E-state index in [4.69, 9.17) is 11.6 Å². The van der Waals surface area contributed by atoms with Crippen LogP contribution in [-0.4, -0.2) is 11.9 Å². The van der Waals surface area contributed by atoms with E-state index in [1.165, 1.54) is 0 Å². The van der Waals surface area contributed by atoms with Gasteiger partial charge in [-0.2, -0.15) is 0 Å². The van der Waals surface area contributed by atoms with Crippen molar-refractivity contribution in [3.8, 4) is 0 Å². The number of halogens is 2. The summed E-state index contributed by atoms with van der Waals surface area (Å²) < 4.78 is 0.0456. The molecular formula is C8H2BrClO4-2. The van der Waals surface area contributed by atoms with Crippen molar-refractivity contribution in [2.45, 2.75) is 0 Å². The number of carboxylic acid groups (broad SMARTS) is 2. The third-order valence-corrected chi connectivity index (χ3v) is 2.41. The fourth-order valence-corrected chi connectivity index (χ4v) is 1.92. The van der Waals surface area contributed by atoms with Crippen LogP contribution in [0, 0.1) is 0 Å². The van der Waals surface area contributed by atoms with Gasteiger partial charge in [-0.15, -0.1) is 0 Å². The van der Waals surface area contributed by atoms with E-state index in [0.717, 1.165) is 12.1 Å². The van der Waals surface area contributed by atoms with E-state index in [2.05, 4.69) is 15.9 Å². The third kappa shape index (κ3) is 2.05. The summed E-state index contributed by atoms with van der Waals surface area (Å²) in [5.74, 6) is -2.91. The smallest absolute Gasteiger partial charge is 0.0741 e. The summed E-state index contributed by atoms with van der Waals surface area (Å²) >= 11 is 8.40. The average molecular weight is 277 g/mol. The lowest BCUT2D eigenvalue weighted by Gasteiger charge is -2.11. The van der Waals surface area contributed by atoms with Crippen LogP contribution in [0.4, 0.5) is 0 Å². The first-order chi connectivity index (χ1) is 6.43. The second-order valence-corrected chi connectivity index (χ2v) is 3.65. The number of carbonyl (C=O) groups excluding carboxylic acids is 2. The summed E-state index contributed by atoms with van der Waals surface area (Å²) in [6.07, 6.45) is 0. The Labute approximate surface area is 92.2 Å². The predicted octanol–water partition coefficient (Wildman–Crippen LogP) is -0.171. The van der Waals surface area contributed by atoms with Crippen LogP contribution in [0.2, 0.25) is 5.02 Å². The minimum absolute atomic E-state index is 0.0456. The van der Waals surface area contributed by atoms with Crippen LogP contribution in [0.25, 0.3) is 0 Å². The van der Waals surface area contributed by atoms with Gasteiger partial charge in [0, 0.05) is 10.0 Å². The Morgan fingerprint density at radius 1 is 1.21 bits per heavy atom. The molecule has 0 fully saturated rings. The lowest BCUT2D eigenvalue weighted by molar-refractivity contribution is -0.256. The van der Waals surface area contributed by atoms with Gasteiger partial charge in [0.2, 0.25) is 0 Å². The maximum Gasteiger partial charge on any atom is 0.0741 e. The van der Waals surface area contributed by atoms with E-state index >= 15 is 0 Å². The highest BCUT2D eigenvalue weighted by Gasteiger charge is 2.08. The van der Waals surface area contributed by atoms with Gasteiger partial charge in [-0.05, 0) is 17.7 Å². The second-order valence-electron chi connectivity index (χ2n) is 2.39. The molecule has 0 spiro atoms. The lowest BCUT2D eigenvalue weighted by Crippen LogP contribution is -2.25. The normalized spacial score (nSPS) is 9.86. The minimum Gasteiger partial charge on any atom is -0.545 e. The molecule has 0 saturated carbocycles. The zero-order chi connectivity index (χ0) is 10.9. The Bertz CT molecular complexity index is 393. The van der Waals surface area contributed by atoms with Gasteiger partial charge in [0.25, 0.3) is 0 Å². The van der Waals surface area contributed by atoms with Crippen molar-refractivity contribution in [3.63, 3.8) is 0 Å². The van der Waals surface area contributed by atoms with Crippen molar-refractivity contribution in [3.05, 3.63) is 32.8 Å². The highest BCUT2D eigenvalue weighted by atomic mass is 79.9. The van der Waals surface area contributed by atoms with E-state index in [-0.39, 0.29) is 20.6 Å². The first-order valence-corrected chi connectivity index (χ1v) is 4.52. The van der Waals surface area contributed by atoms with E-state index in [1.54, 1.807) is 0 Å². The molecule has 0 atom stereocenters. The molecule has 0 bridgehead atoms. The summed E-state index contributed by atoms with van der Waals surface area (Å²) in [4.78, 5) is 21.0. The largest absolute Gasteiger partial charge is 0.545 e. The molecule has 74 valence electrons. The van der Waals surface area contributed by atoms with Crippen molar-refractivity contribution in [1.82, 2.24) is 0 Å². The minimum atomic E-state index is -1.48. The van der Waals surface area contributed by atoms with E-state index in [1.807, 2.05) is 0 Å². The van der Waals surface area contributed by atoms with Crippen LogP contribution in [-0.2, 0) is 0 Å². The van der Waals surface area contributed by atoms with Gasteiger partial charge in [-0.3, -0.25) is 0 Å². The van der Waals surface area contributed by atoms with Crippen molar-refractivity contribution < 1.29 is 19.8 Å². The summed E-state index contributed by atoms with van der Waals surface area (Å²) in [7, 11) is 0. The van der Waals surface area contributed by atoms with E-state index < -0.39 is 11.9 Å². The number of carbonyl (C=O) groups is 2. The Hall–Kier alpha value is -1.07. The highest BCUT2D eigenvalue weighted by Crippen LogP contribution is 2.26. The van der Waals surface area contributed by atoms with Crippen molar-refractivity contribution >= 4 is 39.5 Å². The predicted molar refractivity (Wildman–Crippen MR) is 47.8 cm³/mol. The fraction of sp³-hybridized carbons (Fsp3) is 0. The molecule has 0 aliphatic heterocycles. The van der Waals surface area contributed by atoms with E-state index in [0.29, 0.717) is 0 Å². The zero-order valence-corrected chi connectivity index (χ0v) is 8.89. The molecule has 1 rings (SSSR count). The van der Waals surface area contributed by atoms with Gasteiger partial charge in [-0.25, -0.2) is 0 Å². The van der Waals surface area contributed by atoms with Gasteiger partial charge in [0.1, 0.15) is 0 Å². The highest BCUT2D eigenvalue weighted by molar-refractivity contribution is 9.10. The molecule has 0 heterocycles. The lowest BCUT2D eigenvalue weighted by atomic mass is 10.1. The Morgan fingerprint density at radius 3 is 2.14 bits per heavy atom. The van der Waals surface area contributed by atoms with Crippen molar-refractivity contribution in [1.29, 1.82) is 0 Å². The van der Waals surface area contributed by atoms with Crippen LogP contribution in [0.1, 0.15) is 20.7 Å². The zero-order valence-electron chi connectivity index (χ0n) is 6.54. The number of hydrogen-bond acceptors (Lipinski definition) is 4. The van der Waals surface area contributed by atoms with Gasteiger partial charge >= 0.3 is 0 Å². The van der Waals surface area contributed by atoms with Crippen LogP contribution >= 0.6 is 27.5 Å². The Morgan fingerprint density at radius 2 is 1.79 bits per heavy atom. The quantitative estimate of drug-likeness (QED) is 0.751. The molecule has 0 saturated heterocycles. The standard InChI is InChI=1S/C8H4BrClO4/c9-4-1-3(7(11)12)2-5(10)6(4)8(13)14/h1-2H,(H,11,12)(H,13,14)/p-2. The monoisotopic (exact) mass is 276 g/mol. The van der Waals surface area contributed by atoms with Crippen LogP contribution < -0.4 is 10.2 Å². The molecule has 0 N–H and O–H groups in total. The van der Waals surface area contributed by atoms with Crippen LogP contribution in [0.5, 0.6) is 0 Å². The third-order valence-electron chi connectivity index (χ3n) is 1.48. The number of carboxylic acids is 2. The number of hydrogen-bond donors (Lipinski definition) is 0. The molecule has 0 unspecified atom stereocenters. The van der Waals surface area contributed by atoms with Gasteiger partial charge in [0.05, 0.1) is 17.0 Å². The van der Waals surface area contributed by atoms with Gasteiger partial charge in [0.15, 0.2) is 0 Å². The Balaban J connectivity index is 3.39. The molecule has 1 aromatic carbocycles. The molecular weight excluding hydrogens is 275 g/mol. The van der Waals surface area contributed by atoms with E-state index in [9.17, 15) is 19.8 Å². The summed E-state index contributed by atoms with van der Waals surface area (Å²) in [5.41, 5.74) is -0.483. The first-order valence-electron chi connectivity index (χ1n) is 3.35. The molecule has 0 aliphatic rings. The maximum absolute atomic E-state index is 10.5. The molecule has 1 aromatic rings. The van der Waals surface area contributed by atoms with Gasteiger partial charge in [-0.1, -0.05) is 27.5 Å². The average Bonchev–Trinajstić information content (AvgIpc) is 2.01. The van der Waals surface area contributed by atoms with Crippen molar-refractivity contribution in [2.24, 2.45) is 0 Å². The van der Waals surface area contributed by atoms with Crippen LogP contribution in [0.3, 0.4) is 0 Å². The molecule has 0 aliphatic carbocycles. The first kappa shape index (κ1) is 11.0. The molecule has 0 radical (unpaired) electrons. The summed E-state index contributed by atoms with van der Waals surface area (Å²) in [6, 6.07) is 2.08. The van der Waals surface area contributed by atoms with Crippen LogP contribution in [0.15, 0.2) is 16.6 Å². The molecule has 0 amide bonds. The summed E-state index contributed by atoms with van der Waals surface area (Å²) in [6.45, 7) is 0. The topological polar surface area (TPSA) is 80.3 Å². The summed E-state index contributed by atoms with van der Waals surface area (Å²) in [5, 5.41) is 20.8. The molecule has 14 heavy (non-hydrogen) atoms. The number of aromatic carboxylic acids is 2. The molecule has 4 nitrogen and oxygen atoms in total. The maximum atomic E-state index is 10.5.